The molecule has 4 heteroatoms. The molecule has 7 aromatic carbocycles. The Kier molecular flexibility index (Phi) is 5.32. The molecule has 0 radical (unpaired) electrons. The van der Waals surface area contributed by atoms with Crippen molar-refractivity contribution in [3.05, 3.63) is 163 Å². The van der Waals surface area contributed by atoms with E-state index < -0.39 is 0 Å². The summed E-state index contributed by atoms with van der Waals surface area (Å²) in [7, 11) is 0. The van der Waals surface area contributed by atoms with Crippen LogP contribution in [0.4, 0.5) is 5.69 Å². The maximum Gasteiger partial charge on any atom is 0.211 e. The monoisotopic (exact) mass is 599 g/mol. The smallest absolute Gasteiger partial charge is 0.211 e. The van der Waals surface area contributed by atoms with Crippen LogP contribution in [0.3, 0.4) is 0 Å². The van der Waals surface area contributed by atoms with Gasteiger partial charge in [0.15, 0.2) is 0 Å². The van der Waals surface area contributed by atoms with Crippen molar-refractivity contribution in [2.45, 2.75) is 0 Å². The van der Waals surface area contributed by atoms with Gasteiger partial charge in [-0.1, -0.05) is 103 Å². The van der Waals surface area contributed by atoms with E-state index in [-0.39, 0.29) is 0 Å². The van der Waals surface area contributed by atoms with E-state index in [0.717, 1.165) is 66.5 Å². The summed E-state index contributed by atoms with van der Waals surface area (Å²) in [6.07, 6.45) is 0. The van der Waals surface area contributed by atoms with E-state index in [2.05, 4.69) is 141 Å². The summed E-state index contributed by atoms with van der Waals surface area (Å²) in [4.78, 5) is 4.04. The second kappa shape index (κ2) is 9.71. The highest BCUT2D eigenvalue weighted by Crippen LogP contribution is 2.42. The molecule has 0 atom stereocenters. The van der Waals surface area contributed by atoms with Crippen molar-refractivity contribution in [1.82, 2.24) is 9.13 Å². The Bertz CT molecular complexity index is 2880. The third kappa shape index (κ3) is 3.63. The number of furan rings is 1. The van der Waals surface area contributed by atoms with Crippen LogP contribution in [0, 0.1) is 6.57 Å². The predicted octanol–water partition coefficient (Wildman–Crippen LogP) is 12.0. The third-order valence-corrected chi connectivity index (χ3v) is 9.53. The fraction of sp³-hybridized carbons (Fsp3) is 0. The molecular formula is C43H25N3O. The molecule has 0 aliphatic rings. The van der Waals surface area contributed by atoms with Crippen LogP contribution in [0.2, 0.25) is 0 Å². The van der Waals surface area contributed by atoms with Crippen LogP contribution in [-0.4, -0.2) is 9.13 Å². The number of rotatable bonds is 3. The first-order valence-electron chi connectivity index (χ1n) is 15.7. The van der Waals surface area contributed by atoms with Crippen LogP contribution in [0.25, 0.3) is 92.9 Å². The molecule has 0 saturated carbocycles. The van der Waals surface area contributed by atoms with E-state index in [4.69, 9.17) is 11.0 Å². The van der Waals surface area contributed by atoms with Gasteiger partial charge >= 0.3 is 0 Å². The van der Waals surface area contributed by atoms with Crippen LogP contribution in [0.5, 0.6) is 0 Å². The Hall–Kier alpha value is -6.57. The van der Waals surface area contributed by atoms with Gasteiger partial charge < -0.3 is 13.6 Å². The van der Waals surface area contributed by atoms with Crippen LogP contribution >= 0.6 is 0 Å². The van der Waals surface area contributed by atoms with Crippen molar-refractivity contribution in [2.75, 3.05) is 0 Å². The molecule has 0 bridgehead atoms. The Balaban J connectivity index is 1.25. The minimum absolute atomic E-state index is 0.614. The molecule has 3 heterocycles. The molecule has 3 aromatic heterocycles. The molecule has 0 aliphatic carbocycles. The molecule has 0 spiro atoms. The van der Waals surface area contributed by atoms with Gasteiger partial charge in [0.2, 0.25) is 5.69 Å². The lowest BCUT2D eigenvalue weighted by Crippen LogP contribution is -1.99. The van der Waals surface area contributed by atoms with Crippen molar-refractivity contribution >= 4 is 71.2 Å². The van der Waals surface area contributed by atoms with Crippen molar-refractivity contribution < 1.29 is 4.42 Å². The number of benzene rings is 7. The molecular weight excluding hydrogens is 574 g/mol. The van der Waals surface area contributed by atoms with E-state index in [0.29, 0.717) is 5.69 Å². The lowest BCUT2D eigenvalue weighted by atomic mass is 10.0. The molecule has 0 saturated heterocycles. The van der Waals surface area contributed by atoms with E-state index in [1.54, 1.807) is 0 Å². The number of fused-ring (bicyclic) bond motifs is 9. The minimum atomic E-state index is 0.614. The molecule has 4 nitrogen and oxygen atoms in total. The molecule has 0 aliphatic heterocycles. The molecule has 10 aromatic rings. The first kappa shape index (κ1) is 25.7. The van der Waals surface area contributed by atoms with Crippen LogP contribution in [-0.2, 0) is 0 Å². The highest BCUT2D eigenvalue weighted by atomic mass is 16.3. The normalized spacial score (nSPS) is 11.8. The third-order valence-electron chi connectivity index (χ3n) is 9.53. The Morgan fingerprint density at radius 1 is 0.447 bits per heavy atom. The average Bonchev–Trinajstić information content (AvgIpc) is 3.77. The topological polar surface area (TPSA) is 27.4 Å². The zero-order valence-corrected chi connectivity index (χ0v) is 25.2. The summed E-state index contributed by atoms with van der Waals surface area (Å²) in [6.45, 7) is 8.20. The second-order valence-corrected chi connectivity index (χ2v) is 12.0. The van der Waals surface area contributed by atoms with Crippen molar-refractivity contribution in [3.8, 4) is 22.5 Å². The second-order valence-electron chi connectivity index (χ2n) is 12.0. The molecule has 0 N–H and O–H groups in total. The largest absolute Gasteiger partial charge is 0.456 e. The molecule has 218 valence electrons. The lowest BCUT2D eigenvalue weighted by molar-refractivity contribution is 0.669. The highest BCUT2D eigenvalue weighted by molar-refractivity contribution is 6.17. The van der Waals surface area contributed by atoms with E-state index in [9.17, 15) is 0 Å². The van der Waals surface area contributed by atoms with Crippen LogP contribution in [0.15, 0.2) is 156 Å². The molecule has 0 amide bonds. The summed E-state index contributed by atoms with van der Waals surface area (Å²) in [5, 5.41) is 6.97. The van der Waals surface area contributed by atoms with Gasteiger partial charge in [0.25, 0.3) is 0 Å². The molecule has 47 heavy (non-hydrogen) atoms. The SMILES string of the molecule is [C-]#[N+]c1cccc(-c2cccc(-n3c4ccccc4c4cc5c(cc43)oc3ccccc35)c2)c1-n1c2ccccc2c2ccccc21. The number of nitrogens with zero attached hydrogens (tertiary/aromatic N) is 3. The lowest BCUT2D eigenvalue weighted by Gasteiger charge is -2.17. The van der Waals surface area contributed by atoms with Crippen molar-refractivity contribution in [3.63, 3.8) is 0 Å². The molecule has 0 unspecified atom stereocenters. The van der Waals surface area contributed by atoms with Crippen molar-refractivity contribution in [1.29, 1.82) is 0 Å². The Morgan fingerprint density at radius 3 is 1.79 bits per heavy atom. The number of hydrogen-bond acceptors (Lipinski definition) is 1. The number of aromatic nitrogens is 2. The van der Waals surface area contributed by atoms with E-state index in [1.165, 1.54) is 21.5 Å². The van der Waals surface area contributed by atoms with Gasteiger partial charge in [-0.25, -0.2) is 4.85 Å². The first-order chi connectivity index (χ1) is 23.3. The quantitative estimate of drug-likeness (QED) is 0.186. The summed E-state index contributed by atoms with van der Waals surface area (Å²) in [5.74, 6) is 0. The maximum atomic E-state index is 8.20. The van der Waals surface area contributed by atoms with Gasteiger partial charge in [0.1, 0.15) is 11.2 Å². The van der Waals surface area contributed by atoms with Gasteiger partial charge in [-0.05, 0) is 53.6 Å². The van der Waals surface area contributed by atoms with E-state index >= 15 is 0 Å². The zero-order chi connectivity index (χ0) is 31.1. The van der Waals surface area contributed by atoms with Gasteiger partial charge in [-0.2, -0.15) is 0 Å². The standard InChI is InChI=1S/C43H25N3O/c1-44-36-19-11-18-29(43(36)46-38-21-7-2-14-30(38)31-15-3-8-22-39(31)46)27-12-10-13-28(24-27)45-37-20-6-4-16-32(37)34-25-35-33-17-5-9-23-41(33)47-42(35)26-40(34)45/h2-26H. The van der Waals surface area contributed by atoms with Gasteiger partial charge in [-0.15, -0.1) is 0 Å². The van der Waals surface area contributed by atoms with Gasteiger partial charge in [0, 0.05) is 44.1 Å². The van der Waals surface area contributed by atoms with Gasteiger partial charge in [0.05, 0.1) is 34.3 Å². The fourth-order valence-corrected chi connectivity index (χ4v) is 7.53. The summed E-state index contributed by atoms with van der Waals surface area (Å²) < 4.78 is 10.9. The number of hydrogen-bond donors (Lipinski definition) is 0. The Morgan fingerprint density at radius 2 is 1.06 bits per heavy atom. The minimum Gasteiger partial charge on any atom is -0.456 e. The van der Waals surface area contributed by atoms with Crippen molar-refractivity contribution in [2.24, 2.45) is 0 Å². The van der Waals surface area contributed by atoms with Crippen LogP contribution in [0.1, 0.15) is 0 Å². The maximum absolute atomic E-state index is 8.20. The highest BCUT2D eigenvalue weighted by Gasteiger charge is 2.20. The zero-order valence-electron chi connectivity index (χ0n) is 25.2. The predicted molar refractivity (Wildman–Crippen MR) is 194 cm³/mol. The summed E-state index contributed by atoms with van der Waals surface area (Å²) in [6, 6.07) is 52.9. The summed E-state index contributed by atoms with van der Waals surface area (Å²) in [5.41, 5.74) is 10.8. The average molecular weight is 600 g/mol. The molecule has 10 rings (SSSR count). The Labute approximate surface area is 269 Å². The van der Waals surface area contributed by atoms with Crippen LogP contribution < -0.4 is 0 Å². The van der Waals surface area contributed by atoms with E-state index in [1.807, 2.05) is 24.3 Å². The summed E-state index contributed by atoms with van der Waals surface area (Å²) >= 11 is 0. The number of para-hydroxylation sites is 5. The molecule has 0 fully saturated rings. The fourth-order valence-electron chi connectivity index (χ4n) is 7.53. The van der Waals surface area contributed by atoms with Gasteiger partial charge in [-0.3, -0.25) is 0 Å². The first-order valence-corrected chi connectivity index (χ1v) is 15.7.